The van der Waals surface area contributed by atoms with Crippen molar-refractivity contribution in [3.8, 4) is 11.1 Å². The molecule has 0 spiro atoms. The average molecular weight is 620 g/mol. The third kappa shape index (κ3) is 6.04. The van der Waals surface area contributed by atoms with E-state index in [0.29, 0.717) is 65.5 Å². The van der Waals surface area contributed by atoms with Crippen LogP contribution >= 0.6 is 11.6 Å². The quantitative estimate of drug-likeness (QED) is 0.254. The zero-order valence-corrected chi connectivity index (χ0v) is 26.4. The van der Waals surface area contributed by atoms with Crippen LogP contribution in [-0.4, -0.2) is 57.4 Å². The van der Waals surface area contributed by atoms with E-state index < -0.39 is 11.8 Å². The maximum atomic E-state index is 14.3. The summed E-state index contributed by atoms with van der Waals surface area (Å²) in [6.07, 6.45) is 2.91. The van der Waals surface area contributed by atoms with E-state index >= 15 is 0 Å². The highest BCUT2D eigenvalue weighted by molar-refractivity contribution is 6.30. The Morgan fingerprint density at radius 1 is 1.05 bits per heavy atom. The minimum Gasteiger partial charge on any atom is -0.465 e. The van der Waals surface area contributed by atoms with Crippen molar-refractivity contribution < 1.29 is 23.5 Å². The number of aromatic nitrogens is 3. The Hall–Kier alpha value is -4.31. The predicted molar refractivity (Wildman–Crippen MR) is 167 cm³/mol. The van der Waals surface area contributed by atoms with Crippen molar-refractivity contribution in [3.05, 3.63) is 75.9 Å². The number of aryl methyl sites for hydroxylation is 2. The fourth-order valence-corrected chi connectivity index (χ4v) is 5.79. The maximum absolute atomic E-state index is 14.3. The minimum absolute atomic E-state index is 0.0525. The first-order valence-electron chi connectivity index (χ1n) is 14.4. The second-order valence-corrected chi connectivity index (χ2v) is 12.5. The number of esters is 1. The second-order valence-electron chi connectivity index (χ2n) is 12.1. The van der Waals surface area contributed by atoms with Crippen LogP contribution in [0.25, 0.3) is 22.2 Å². The predicted octanol–water partition coefficient (Wildman–Crippen LogP) is 6.54. The Morgan fingerprint density at radius 3 is 2.36 bits per heavy atom. The third-order valence-corrected chi connectivity index (χ3v) is 8.32. The van der Waals surface area contributed by atoms with Crippen LogP contribution < -0.4 is 5.32 Å². The number of nitrogens with one attached hydrogen (secondary N) is 1. The number of piperidine rings is 1. The summed E-state index contributed by atoms with van der Waals surface area (Å²) in [5.41, 5.74) is 3.56. The normalized spacial score (nSPS) is 14.1. The van der Waals surface area contributed by atoms with Crippen molar-refractivity contribution in [2.24, 2.45) is 5.92 Å². The first kappa shape index (κ1) is 31.1. The summed E-state index contributed by atoms with van der Waals surface area (Å²) in [6, 6.07) is 9.89. The molecule has 1 saturated heterocycles. The molecule has 1 N–H and O–H groups in total. The molecule has 4 aromatic rings. The van der Waals surface area contributed by atoms with Gasteiger partial charge in [0.15, 0.2) is 0 Å². The lowest BCUT2D eigenvalue weighted by atomic mass is 9.95. The molecule has 0 atom stereocenters. The summed E-state index contributed by atoms with van der Waals surface area (Å²) < 4.78 is 21.1. The van der Waals surface area contributed by atoms with Crippen molar-refractivity contribution in [2.45, 2.75) is 53.0 Å². The number of benzene rings is 1. The number of amides is 2. The number of nitrogens with zero attached hydrogens (tertiary/aromatic N) is 4. The first-order chi connectivity index (χ1) is 20.8. The SMILES string of the molecule is COC(=O)c1c(C)cc(NC(=O)C2CCN(C(=O)c3ccc4c(-c5ccc(Cl)c(F)c5)cn(C(C)(C)C)c4n3)CC2)nc1C. The first-order valence-corrected chi connectivity index (χ1v) is 14.8. The van der Waals surface area contributed by atoms with E-state index in [1.54, 1.807) is 36.9 Å². The number of fused-ring (bicyclic) bond motifs is 1. The van der Waals surface area contributed by atoms with Crippen LogP contribution in [0.15, 0.2) is 42.6 Å². The fourth-order valence-electron chi connectivity index (χ4n) is 5.67. The number of ether oxygens (including phenoxy) is 1. The zero-order chi connectivity index (χ0) is 31.9. The molecule has 0 aliphatic carbocycles. The Kier molecular flexibility index (Phi) is 8.49. The fraction of sp³-hybridized carbons (Fsp3) is 0.364. The molecule has 1 fully saturated rings. The van der Waals surface area contributed by atoms with Crippen molar-refractivity contribution in [3.63, 3.8) is 0 Å². The number of likely N-dealkylation sites (tertiary alicyclic amines) is 1. The van der Waals surface area contributed by atoms with Gasteiger partial charge < -0.3 is 19.5 Å². The molecule has 1 aliphatic rings. The summed E-state index contributed by atoms with van der Waals surface area (Å²) in [7, 11) is 1.31. The van der Waals surface area contributed by atoms with Crippen LogP contribution in [-0.2, 0) is 15.1 Å². The van der Waals surface area contributed by atoms with Gasteiger partial charge in [-0.1, -0.05) is 17.7 Å². The Balaban J connectivity index is 1.31. The van der Waals surface area contributed by atoms with Gasteiger partial charge in [0.1, 0.15) is 23.0 Å². The molecular formula is C33H35ClFN5O4. The van der Waals surface area contributed by atoms with Crippen LogP contribution in [0.1, 0.15) is 65.7 Å². The molecule has 44 heavy (non-hydrogen) atoms. The molecule has 0 saturated carbocycles. The summed E-state index contributed by atoms with van der Waals surface area (Å²) in [5.74, 6) is -1.29. The van der Waals surface area contributed by atoms with Gasteiger partial charge in [0.25, 0.3) is 5.91 Å². The smallest absolute Gasteiger partial charge is 0.339 e. The molecular weight excluding hydrogens is 585 g/mol. The number of pyridine rings is 2. The average Bonchev–Trinajstić information content (AvgIpc) is 3.37. The van der Waals surface area contributed by atoms with Gasteiger partial charge in [-0.15, -0.1) is 0 Å². The minimum atomic E-state index is -0.504. The van der Waals surface area contributed by atoms with Crippen LogP contribution in [0.5, 0.6) is 0 Å². The molecule has 2 amide bonds. The van der Waals surface area contributed by atoms with Gasteiger partial charge in [-0.3, -0.25) is 9.59 Å². The number of carbonyl (C=O) groups is 3. The van der Waals surface area contributed by atoms with Gasteiger partial charge >= 0.3 is 5.97 Å². The number of methoxy groups -OCH3 is 1. The van der Waals surface area contributed by atoms with Gasteiger partial charge in [0, 0.05) is 41.7 Å². The van der Waals surface area contributed by atoms with E-state index in [9.17, 15) is 18.8 Å². The van der Waals surface area contributed by atoms with Gasteiger partial charge in [0.2, 0.25) is 5.91 Å². The molecule has 0 bridgehead atoms. The second kappa shape index (κ2) is 12.0. The lowest BCUT2D eigenvalue weighted by molar-refractivity contribution is -0.121. The van der Waals surface area contributed by atoms with Crippen molar-refractivity contribution >= 4 is 46.2 Å². The number of rotatable bonds is 5. The molecule has 0 unspecified atom stereocenters. The molecule has 5 rings (SSSR count). The van der Waals surface area contributed by atoms with Gasteiger partial charge in [0.05, 0.1) is 23.4 Å². The van der Waals surface area contributed by atoms with Gasteiger partial charge in [-0.2, -0.15) is 0 Å². The molecule has 11 heteroatoms. The van der Waals surface area contributed by atoms with Crippen LogP contribution in [0.4, 0.5) is 10.2 Å². The van der Waals surface area contributed by atoms with E-state index in [1.165, 1.54) is 19.2 Å². The lowest BCUT2D eigenvalue weighted by Crippen LogP contribution is -2.41. The van der Waals surface area contributed by atoms with E-state index in [1.807, 2.05) is 37.6 Å². The number of anilines is 1. The number of hydrogen-bond donors (Lipinski definition) is 1. The third-order valence-electron chi connectivity index (χ3n) is 8.02. The molecule has 0 radical (unpaired) electrons. The summed E-state index contributed by atoms with van der Waals surface area (Å²) in [6.45, 7) is 10.4. The Bertz CT molecular complexity index is 1760. The van der Waals surface area contributed by atoms with E-state index in [4.69, 9.17) is 21.3 Å². The van der Waals surface area contributed by atoms with Crippen LogP contribution in [0.3, 0.4) is 0 Å². The van der Waals surface area contributed by atoms with E-state index in [-0.39, 0.29) is 28.3 Å². The van der Waals surface area contributed by atoms with Crippen LogP contribution in [0.2, 0.25) is 5.02 Å². The summed E-state index contributed by atoms with van der Waals surface area (Å²) >= 11 is 5.91. The maximum Gasteiger partial charge on any atom is 0.339 e. The topological polar surface area (TPSA) is 106 Å². The van der Waals surface area contributed by atoms with Gasteiger partial charge in [-0.25, -0.2) is 19.2 Å². The van der Waals surface area contributed by atoms with Gasteiger partial charge in [-0.05, 0) is 88.9 Å². The Morgan fingerprint density at radius 2 is 1.75 bits per heavy atom. The zero-order valence-electron chi connectivity index (χ0n) is 25.6. The molecule has 1 aromatic carbocycles. The number of halogens is 2. The largest absolute Gasteiger partial charge is 0.465 e. The van der Waals surface area contributed by atoms with Crippen molar-refractivity contribution in [1.82, 2.24) is 19.4 Å². The highest BCUT2D eigenvalue weighted by Gasteiger charge is 2.30. The van der Waals surface area contributed by atoms with Crippen molar-refractivity contribution in [1.29, 1.82) is 0 Å². The summed E-state index contributed by atoms with van der Waals surface area (Å²) in [5, 5.41) is 3.72. The Labute approximate surface area is 260 Å². The number of carbonyl (C=O) groups excluding carboxylic acids is 3. The standard InChI is InChI=1S/C33H35ClFN5O4/c1-18-15-27(36-19(2)28(18)32(43)44-6)38-30(41)20-11-13-39(14-12-20)31(42)26-10-8-22-23(21-7-9-24(34)25(35)16-21)17-40(29(22)37-26)33(3,4)5/h7-10,15-17,20H,11-14H2,1-6H3,(H,36,38,41). The molecule has 1 aliphatic heterocycles. The van der Waals surface area contributed by atoms with Crippen LogP contribution in [0, 0.1) is 25.6 Å². The van der Waals surface area contributed by atoms with E-state index in [2.05, 4.69) is 10.3 Å². The highest BCUT2D eigenvalue weighted by Crippen LogP contribution is 2.35. The lowest BCUT2D eigenvalue weighted by Gasteiger charge is -2.31. The monoisotopic (exact) mass is 619 g/mol. The van der Waals surface area contributed by atoms with E-state index in [0.717, 1.165) is 10.9 Å². The highest BCUT2D eigenvalue weighted by atomic mass is 35.5. The number of hydrogen-bond acceptors (Lipinski definition) is 6. The van der Waals surface area contributed by atoms with Crippen molar-refractivity contribution in [2.75, 3.05) is 25.5 Å². The molecule has 4 heterocycles. The summed E-state index contributed by atoms with van der Waals surface area (Å²) in [4.78, 5) is 49.5. The molecule has 230 valence electrons. The molecule has 3 aromatic heterocycles. The molecule has 9 nitrogen and oxygen atoms in total.